The molecule has 0 radical (unpaired) electrons. The van der Waals surface area contributed by atoms with Crippen molar-refractivity contribution in [2.24, 2.45) is 17.1 Å². The zero-order valence-corrected chi connectivity index (χ0v) is 12.4. The average Bonchev–Trinajstić information content (AvgIpc) is 2.65. The van der Waals surface area contributed by atoms with E-state index in [1.165, 1.54) is 32.4 Å². The van der Waals surface area contributed by atoms with Crippen LogP contribution in [0.5, 0.6) is 0 Å². The van der Waals surface area contributed by atoms with Gasteiger partial charge in [-0.15, -0.1) is 0 Å². The first-order valence-electron chi connectivity index (χ1n) is 7.51. The molecule has 0 aromatic heterocycles. The fourth-order valence-corrected chi connectivity index (χ4v) is 3.57. The molecule has 18 heavy (non-hydrogen) atoms. The van der Waals surface area contributed by atoms with Crippen LogP contribution in [0.2, 0.25) is 0 Å². The quantitative estimate of drug-likeness (QED) is 0.821. The fraction of sp³-hybridized carbons (Fsp3) is 1.00. The van der Waals surface area contributed by atoms with Gasteiger partial charge in [-0.25, -0.2) is 0 Å². The van der Waals surface area contributed by atoms with Crippen LogP contribution in [0.4, 0.5) is 0 Å². The maximum atomic E-state index is 6.05. The van der Waals surface area contributed by atoms with Crippen molar-refractivity contribution < 1.29 is 4.74 Å². The molecule has 2 N–H and O–H groups in total. The van der Waals surface area contributed by atoms with Crippen LogP contribution in [0, 0.1) is 11.3 Å². The highest BCUT2D eigenvalue weighted by molar-refractivity contribution is 4.96. The molecule has 106 valence electrons. The molecule has 0 aromatic carbocycles. The molecule has 3 nitrogen and oxygen atoms in total. The van der Waals surface area contributed by atoms with Crippen LogP contribution in [0.15, 0.2) is 0 Å². The Kier molecular flexibility index (Phi) is 4.35. The lowest BCUT2D eigenvalue weighted by Gasteiger charge is -2.39. The molecule has 2 aliphatic rings. The summed E-state index contributed by atoms with van der Waals surface area (Å²) in [4.78, 5) is 2.63. The molecule has 2 aliphatic heterocycles. The number of nitrogens with two attached hydrogens (primary N) is 1. The Balaban J connectivity index is 2.00. The summed E-state index contributed by atoms with van der Waals surface area (Å²) >= 11 is 0. The highest BCUT2D eigenvalue weighted by atomic mass is 16.5. The van der Waals surface area contributed by atoms with Crippen LogP contribution >= 0.6 is 0 Å². The number of hydrogen-bond donors (Lipinski definition) is 1. The number of rotatable bonds is 2. The Morgan fingerprint density at radius 2 is 2.06 bits per heavy atom. The molecule has 0 spiro atoms. The molecule has 0 aliphatic carbocycles. The third-order valence-electron chi connectivity index (χ3n) is 5.09. The molecule has 0 aromatic rings. The van der Waals surface area contributed by atoms with Gasteiger partial charge in [0.1, 0.15) is 0 Å². The van der Waals surface area contributed by atoms with Crippen LogP contribution in [-0.4, -0.2) is 43.3 Å². The molecule has 2 atom stereocenters. The minimum Gasteiger partial charge on any atom is -0.379 e. The van der Waals surface area contributed by atoms with Gasteiger partial charge in [0, 0.05) is 13.2 Å². The van der Waals surface area contributed by atoms with E-state index in [4.69, 9.17) is 10.5 Å². The van der Waals surface area contributed by atoms with E-state index in [1.807, 2.05) is 0 Å². The lowest BCUT2D eigenvalue weighted by molar-refractivity contribution is 0.0718. The molecule has 2 saturated heterocycles. The summed E-state index contributed by atoms with van der Waals surface area (Å²) in [6.45, 7) is 12.0. The summed E-state index contributed by atoms with van der Waals surface area (Å²) in [7, 11) is 0. The van der Waals surface area contributed by atoms with Gasteiger partial charge in [0.2, 0.25) is 0 Å². The topological polar surface area (TPSA) is 38.5 Å². The maximum Gasteiger partial charge on any atom is 0.0663 e. The molecule has 0 bridgehead atoms. The number of hydrogen-bond acceptors (Lipinski definition) is 3. The Hall–Kier alpha value is -0.120. The lowest BCUT2D eigenvalue weighted by atomic mass is 9.76. The first kappa shape index (κ1) is 14.3. The van der Waals surface area contributed by atoms with Crippen LogP contribution in [-0.2, 0) is 4.74 Å². The fourth-order valence-electron chi connectivity index (χ4n) is 3.57. The van der Waals surface area contributed by atoms with E-state index in [0.717, 1.165) is 32.1 Å². The van der Waals surface area contributed by atoms with E-state index < -0.39 is 0 Å². The SMILES string of the molecule is CC(C)(C)C1CCCN(C2(CN)CCOC2)CC1. The second kappa shape index (κ2) is 5.48. The Labute approximate surface area is 112 Å². The van der Waals surface area contributed by atoms with E-state index in [9.17, 15) is 0 Å². The molecule has 2 rings (SSSR count). The third-order valence-corrected chi connectivity index (χ3v) is 5.09. The molecular formula is C15H30N2O. The van der Waals surface area contributed by atoms with Gasteiger partial charge in [-0.1, -0.05) is 20.8 Å². The molecule has 0 amide bonds. The van der Waals surface area contributed by atoms with Gasteiger partial charge in [-0.2, -0.15) is 0 Å². The predicted molar refractivity (Wildman–Crippen MR) is 75.6 cm³/mol. The summed E-state index contributed by atoms with van der Waals surface area (Å²) in [6, 6.07) is 0. The number of likely N-dealkylation sites (tertiary alicyclic amines) is 1. The molecular weight excluding hydrogens is 224 g/mol. The zero-order valence-electron chi connectivity index (χ0n) is 12.4. The van der Waals surface area contributed by atoms with Crippen molar-refractivity contribution in [1.82, 2.24) is 4.90 Å². The van der Waals surface area contributed by atoms with Crippen molar-refractivity contribution in [3.63, 3.8) is 0 Å². The standard InChI is InChI=1S/C15H30N2O/c1-14(2,3)13-5-4-8-17(9-6-13)15(11-16)7-10-18-12-15/h13H,4-12,16H2,1-3H3. The summed E-state index contributed by atoms with van der Waals surface area (Å²) in [6.07, 6.45) is 5.10. The van der Waals surface area contributed by atoms with E-state index in [0.29, 0.717) is 5.41 Å². The second-order valence-corrected chi connectivity index (χ2v) is 7.21. The van der Waals surface area contributed by atoms with Gasteiger partial charge in [-0.05, 0) is 50.1 Å². The van der Waals surface area contributed by atoms with Gasteiger partial charge in [0.25, 0.3) is 0 Å². The van der Waals surface area contributed by atoms with Crippen molar-refractivity contribution in [2.75, 3.05) is 32.8 Å². The van der Waals surface area contributed by atoms with Crippen LogP contribution < -0.4 is 5.73 Å². The van der Waals surface area contributed by atoms with E-state index in [1.54, 1.807) is 0 Å². The lowest BCUT2D eigenvalue weighted by Crippen LogP contribution is -2.54. The Morgan fingerprint density at radius 3 is 2.61 bits per heavy atom. The minimum absolute atomic E-state index is 0.146. The van der Waals surface area contributed by atoms with Crippen LogP contribution in [0.3, 0.4) is 0 Å². The average molecular weight is 254 g/mol. The van der Waals surface area contributed by atoms with E-state index in [-0.39, 0.29) is 5.54 Å². The first-order valence-corrected chi connectivity index (χ1v) is 7.51. The number of ether oxygens (including phenoxy) is 1. The summed E-state index contributed by atoms with van der Waals surface area (Å²) < 4.78 is 5.62. The van der Waals surface area contributed by atoms with Crippen molar-refractivity contribution >= 4 is 0 Å². The molecule has 0 saturated carbocycles. The normalized spacial score (nSPS) is 35.7. The Morgan fingerprint density at radius 1 is 1.28 bits per heavy atom. The van der Waals surface area contributed by atoms with Gasteiger partial charge < -0.3 is 10.5 Å². The first-order chi connectivity index (χ1) is 8.48. The second-order valence-electron chi connectivity index (χ2n) is 7.21. The highest BCUT2D eigenvalue weighted by Gasteiger charge is 2.40. The summed E-state index contributed by atoms with van der Waals surface area (Å²) in [5, 5.41) is 0. The van der Waals surface area contributed by atoms with Crippen molar-refractivity contribution in [3.8, 4) is 0 Å². The summed E-state index contributed by atoms with van der Waals surface area (Å²) in [5.74, 6) is 0.847. The highest BCUT2D eigenvalue weighted by Crippen LogP contribution is 2.36. The van der Waals surface area contributed by atoms with Crippen molar-refractivity contribution in [1.29, 1.82) is 0 Å². The summed E-state index contributed by atoms with van der Waals surface area (Å²) in [5.41, 5.74) is 6.64. The van der Waals surface area contributed by atoms with Crippen LogP contribution in [0.1, 0.15) is 46.5 Å². The molecule has 2 fully saturated rings. The predicted octanol–water partition coefficient (Wildman–Crippen LogP) is 2.25. The van der Waals surface area contributed by atoms with E-state index in [2.05, 4.69) is 25.7 Å². The molecule has 2 heterocycles. The van der Waals surface area contributed by atoms with Crippen LogP contribution in [0.25, 0.3) is 0 Å². The molecule has 2 unspecified atom stereocenters. The molecule has 3 heteroatoms. The van der Waals surface area contributed by atoms with Crippen molar-refractivity contribution in [3.05, 3.63) is 0 Å². The smallest absolute Gasteiger partial charge is 0.0663 e. The Bertz CT molecular complexity index is 266. The number of nitrogens with zero attached hydrogens (tertiary/aromatic N) is 1. The minimum atomic E-state index is 0.146. The zero-order chi connectivity index (χ0) is 13.2. The van der Waals surface area contributed by atoms with Gasteiger partial charge in [0.05, 0.1) is 12.1 Å². The van der Waals surface area contributed by atoms with Gasteiger partial charge in [0.15, 0.2) is 0 Å². The van der Waals surface area contributed by atoms with Gasteiger partial charge in [-0.3, -0.25) is 4.90 Å². The largest absolute Gasteiger partial charge is 0.379 e. The van der Waals surface area contributed by atoms with Gasteiger partial charge >= 0.3 is 0 Å². The monoisotopic (exact) mass is 254 g/mol. The van der Waals surface area contributed by atoms with Crippen molar-refractivity contribution in [2.45, 2.75) is 52.0 Å². The van der Waals surface area contributed by atoms with E-state index >= 15 is 0 Å². The third kappa shape index (κ3) is 2.89. The maximum absolute atomic E-state index is 6.05.